The molecule has 3 nitrogen and oxygen atoms in total. The van der Waals surface area contributed by atoms with Crippen LogP contribution in [-0.2, 0) is 13.1 Å². The first kappa shape index (κ1) is 14.6. The van der Waals surface area contributed by atoms with E-state index in [-0.39, 0.29) is 0 Å². The maximum absolute atomic E-state index is 5.90. The second-order valence-electron chi connectivity index (χ2n) is 6.21. The molecule has 0 saturated carbocycles. The van der Waals surface area contributed by atoms with E-state index in [1.807, 2.05) is 0 Å². The monoisotopic (exact) mass is 264 g/mol. The third-order valence-electron chi connectivity index (χ3n) is 3.96. The van der Waals surface area contributed by atoms with Crippen molar-refractivity contribution >= 4 is 0 Å². The SMILES string of the molecule is CCNCc1cc(CN2CC(C)CC(C)C2)oc1C. The maximum Gasteiger partial charge on any atom is 0.118 e. The summed E-state index contributed by atoms with van der Waals surface area (Å²) in [6.07, 6.45) is 1.36. The van der Waals surface area contributed by atoms with Crippen LogP contribution < -0.4 is 5.32 Å². The molecule has 1 aliphatic rings. The van der Waals surface area contributed by atoms with E-state index in [1.54, 1.807) is 0 Å². The van der Waals surface area contributed by atoms with Crippen LogP contribution in [0.3, 0.4) is 0 Å². The van der Waals surface area contributed by atoms with Crippen LogP contribution in [0.2, 0.25) is 0 Å². The van der Waals surface area contributed by atoms with Gasteiger partial charge < -0.3 is 9.73 Å². The third-order valence-corrected chi connectivity index (χ3v) is 3.96. The molecule has 2 atom stereocenters. The molecule has 1 saturated heterocycles. The van der Waals surface area contributed by atoms with Crippen molar-refractivity contribution in [3.8, 4) is 0 Å². The predicted octanol–water partition coefficient (Wildman–Crippen LogP) is 3.18. The summed E-state index contributed by atoms with van der Waals surface area (Å²) in [5.74, 6) is 3.79. The minimum absolute atomic E-state index is 0.807. The Balaban J connectivity index is 1.95. The zero-order valence-electron chi connectivity index (χ0n) is 12.8. The molecule has 0 aromatic carbocycles. The molecule has 0 spiro atoms. The van der Waals surface area contributed by atoms with Gasteiger partial charge in [0, 0.05) is 25.2 Å². The molecule has 1 aliphatic heterocycles. The molecule has 1 fully saturated rings. The lowest BCUT2D eigenvalue weighted by Crippen LogP contribution is -2.37. The number of likely N-dealkylation sites (tertiary alicyclic amines) is 1. The van der Waals surface area contributed by atoms with Crippen molar-refractivity contribution in [3.63, 3.8) is 0 Å². The van der Waals surface area contributed by atoms with Crippen LogP contribution in [0.15, 0.2) is 10.5 Å². The Kier molecular flexibility index (Phi) is 5.06. The van der Waals surface area contributed by atoms with Gasteiger partial charge >= 0.3 is 0 Å². The number of nitrogens with zero attached hydrogens (tertiary/aromatic N) is 1. The normalized spacial score (nSPS) is 24.8. The van der Waals surface area contributed by atoms with Crippen LogP contribution >= 0.6 is 0 Å². The molecule has 2 heterocycles. The van der Waals surface area contributed by atoms with Crippen LogP contribution in [0.25, 0.3) is 0 Å². The van der Waals surface area contributed by atoms with E-state index in [1.165, 1.54) is 25.1 Å². The molecule has 1 aromatic heterocycles. The van der Waals surface area contributed by atoms with Crippen molar-refractivity contribution in [1.82, 2.24) is 10.2 Å². The molecule has 2 unspecified atom stereocenters. The fraction of sp³-hybridized carbons (Fsp3) is 0.750. The second kappa shape index (κ2) is 6.58. The summed E-state index contributed by atoms with van der Waals surface area (Å²) in [5.41, 5.74) is 1.30. The van der Waals surface area contributed by atoms with E-state index in [4.69, 9.17) is 4.42 Å². The van der Waals surface area contributed by atoms with Crippen molar-refractivity contribution in [2.75, 3.05) is 19.6 Å². The van der Waals surface area contributed by atoms with Gasteiger partial charge in [-0.2, -0.15) is 0 Å². The average Bonchev–Trinajstić information content (AvgIpc) is 2.65. The van der Waals surface area contributed by atoms with E-state index in [2.05, 4.69) is 44.0 Å². The molecular formula is C16H28N2O. The highest BCUT2D eigenvalue weighted by molar-refractivity contribution is 5.20. The summed E-state index contributed by atoms with van der Waals surface area (Å²) >= 11 is 0. The Labute approximate surface area is 117 Å². The maximum atomic E-state index is 5.90. The Hall–Kier alpha value is -0.800. The molecule has 2 rings (SSSR count). The summed E-state index contributed by atoms with van der Waals surface area (Å²) in [6.45, 7) is 14.2. The van der Waals surface area contributed by atoms with Crippen LogP contribution in [0.1, 0.15) is 44.3 Å². The fourth-order valence-electron chi connectivity index (χ4n) is 3.24. The van der Waals surface area contributed by atoms with E-state index in [0.29, 0.717) is 0 Å². The van der Waals surface area contributed by atoms with Crippen molar-refractivity contribution in [2.24, 2.45) is 11.8 Å². The van der Waals surface area contributed by atoms with Gasteiger partial charge in [0.1, 0.15) is 11.5 Å². The first-order chi connectivity index (χ1) is 9.08. The van der Waals surface area contributed by atoms with Crippen LogP contribution in [0, 0.1) is 18.8 Å². The highest BCUT2D eigenvalue weighted by Crippen LogP contribution is 2.24. The van der Waals surface area contributed by atoms with Gasteiger partial charge in [-0.3, -0.25) is 4.90 Å². The number of hydrogen-bond donors (Lipinski definition) is 1. The molecule has 0 aliphatic carbocycles. The Bertz CT molecular complexity index is 389. The Morgan fingerprint density at radius 3 is 2.63 bits per heavy atom. The van der Waals surface area contributed by atoms with E-state index in [0.717, 1.165) is 43.0 Å². The van der Waals surface area contributed by atoms with Crippen molar-refractivity contribution in [2.45, 2.75) is 47.2 Å². The highest BCUT2D eigenvalue weighted by Gasteiger charge is 2.22. The van der Waals surface area contributed by atoms with Crippen LogP contribution in [-0.4, -0.2) is 24.5 Å². The van der Waals surface area contributed by atoms with Gasteiger partial charge in [-0.25, -0.2) is 0 Å². The number of furan rings is 1. The lowest BCUT2D eigenvalue weighted by molar-refractivity contribution is 0.126. The molecule has 0 bridgehead atoms. The standard InChI is InChI=1S/C16H28N2O/c1-5-17-8-15-7-16(19-14(15)4)11-18-9-12(2)6-13(3)10-18/h7,12-13,17H,5-6,8-11H2,1-4H3. The molecule has 3 heteroatoms. The molecule has 1 N–H and O–H groups in total. The molecule has 19 heavy (non-hydrogen) atoms. The number of piperidine rings is 1. The number of hydrogen-bond acceptors (Lipinski definition) is 3. The summed E-state index contributed by atoms with van der Waals surface area (Å²) < 4.78 is 5.90. The first-order valence-electron chi connectivity index (χ1n) is 7.59. The van der Waals surface area contributed by atoms with E-state index in [9.17, 15) is 0 Å². The summed E-state index contributed by atoms with van der Waals surface area (Å²) in [6, 6.07) is 2.22. The summed E-state index contributed by atoms with van der Waals surface area (Å²) in [4.78, 5) is 2.54. The van der Waals surface area contributed by atoms with Crippen molar-refractivity contribution < 1.29 is 4.42 Å². The summed E-state index contributed by atoms with van der Waals surface area (Å²) in [7, 11) is 0. The number of nitrogens with one attached hydrogen (secondary N) is 1. The lowest BCUT2D eigenvalue weighted by Gasteiger charge is -2.34. The predicted molar refractivity (Wildman–Crippen MR) is 79.0 cm³/mol. The van der Waals surface area contributed by atoms with Gasteiger partial charge in [0.2, 0.25) is 0 Å². The van der Waals surface area contributed by atoms with E-state index < -0.39 is 0 Å². The molecule has 0 radical (unpaired) electrons. The zero-order valence-corrected chi connectivity index (χ0v) is 12.8. The fourth-order valence-corrected chi connectivity index (χ4v) is 3.24. The number of aryl methyl sites for hydroxylation is 1. The minimum Gasteiger partial charge on any atom is -0.465 e. The summed E-state index contributed by atoms with van der Waals surface area (Å²) in [5, 5.41) is 3.36. The Morgan fingerprint density at radius 2 is 2.00 bits per heavy atom. The smallest absolute Gasteiger partial charge is 0.118 e. The van der Waals surface area contributed by atoms with Crippen LogP contribution in [0.4, 0.5) is 0 Å². The van der Waals surface area contributed by atoms with Gasteiger partial charge in [0.15, 0.2) is 0 Å². The van der Waals surface area contributed by atoms with Crippen LogP contribution in [0.5, 0.6) is 0 Å². The van der Waals surface area contributed by atoms with Gasteiger partial charge in [-0.05, 0) is 37.8 Å². The average molecular weight is 264 g/mol. The van der Waals surface area contributed by atoms with Gasteiger partial charge in [0.05, 0.1) is 6.54 Å². The van der Waals surface area contributed by atoms with Crippen molar-refractivity contribution in [1.29, 1.82) is 0 Å². The third kappa shape index (κ3) is 4.08. The second-order valence-corrected chi connectivity index (χ2v) is 6.21. The lowest BCUT2D eigenvalue weighted by atomic mass is 9.92. The van der Waals surface area contributed by atoms with Crippen molar-refractivity contribution in [3.05, 3.63) is 23.2 Å². The molecule has 0 amide bonds. The highest BCUT2D eigenvalue weighted by atomic mass is 16.3. The van der Waals surface area contributed by atoms with E-state index >= 15 is 0 Å². The zero-order chi connectivity index (χ0) is 13.8. The Morgan fingerprint density at radius 1 is 1.32 bits per heavy atom. The topological polar surface area (TPSA) is 28.4 Å². The quantitative estimate of drug-likeness (QED) is 0.885. The largest absolute Gasteiger partial charge is 0.465 e. The molecular weight excluding hydrogens is 236 g/mol. The minimum atomic E-state index is 0.807. The molecule has 1 aromatic rings. The first-order valence-corrected chi connectivity index (χ1v) is 7.59. The number of rotatable bonds is 5. The van der Waals surface area contributed by atoms with Gasteiger partial charge in [0.25, 0.3) is 0 Å². The van der Waals surface area contributed by atoms with Gasteiger partial charge in [-0.1, -0.05) is 20.8 Å². The molecule has 108 valence electrons. The van der Waals surface area contributed by atoms with Gasteiger partial charge in [-0.15, -0.1) is 0 Å².